The molecule has 0 bridgehead atoms. The van der Waals surface area contributed by atoms with Gasteiger partial charge >= 0.3 is 0 Å². The molecule has 126 valence electrons. The Morgan fingerprint density at radius 2 is 2.00 bits per heavy atom. The molecule has 1 aliphatic rings. The first kappa shape index (κ1) is 19.5. The maximum Gasteiger partial charge on any atom is 0.289 e. The molecular weight excluding hydrogens is 338 g/mol. The normalized spacial score (nSPS) is 15.3. The molecule has 0 aliphatic carbocycles. The lowest BCUT2D eigenvalue weighted by Gasteiger charge is -2.14. The molecule has 2 rings (SSSR count). The van der Waals surface area contributed by atoms with Gasteiger partial charge in [-0.25, -0.2) is 0 Å². The molecule has 6 nitrogen and oxygen atoms in total. The van der Waals surface area contributed by atoms with E-state index >= 15 is 0 Å². The van der Waals surface area contributed by atoms with Crippen molar-refractivity contribution in [3.05, 3.63) is 29.8 Å². The summed E-state index contributed by atoms with van der Waals surface area (Å²) in [5.74, 6) is -0.170. The molecular formula is C15H20ClN3O3S. The van der Waals surface area contributed by atoms with E-state index in [9.17, 15) is 14.4 Å². The van der Waals surface area contributed by atoms with E-state index in [0.717, 1.165) is 23.7 Å². The van der Waals surface area contributed by atoms with Crippen molar-refractivity contribution < 1.29 is 14.4 Å². The van der Waals surface area contributed by atoms with Crippen LogP contribution < -0.4 is 11.1 Å². The third kappa shape index (κ3) is 5.23. The van der Waals surface area contributed by atoms with Gasteiger partial charge in [0.15, 0.2) is 0 Å². The summed E-state index contributed by atoms with van der Waals surface area (Å²) >= 11 is 1.02. The van der Waals surface area contributed by atoms with Crippen LogP contribution in [0.5, 0.6) is 0 Å². The standard InChI is InChI=1S/C15H19N3O3S.ClH/c1-2-3-12(16)14(20)17-11-6-4-10(5-7-11)8-18-13(19)9-22-15(18)21;/h4-7,12H,2-3,8-9,16H2,1H3,(H,17,20);1H. The Bertz CT molecular complexity index is 564. The number of thioether (sulfide) groups is 1. The molecule has 1 unspecified atom stereocenters. The first-order chi connectivity index (χ1) is 10.5. The van der Waals surface area contributed by atoms with Crippen LogP contribution in [0.15, 0.2) is 24.3 Å². The van der Waals surface area contributed by atoms with Crippen LogP contribution in [0.2, 0.25) is 0 Å². The van der Waals surface area contributed by atoms with E-state index in [1.807, 2.05) is 6.92 Å². The van der Waals surface area contributed by atoms with Gasteiger partial charge in [0, 0.05) is 5.69 Å². The predicted octanol–water partition coefficient (Wildman–Crippen LogP) is 2.37. The highest BCUT2D eigenvalue weighted by Gasteiger charge is 2.29. The minimum Gasteiger partial charge on any atom is -0.325 e. The first-order valence-corrected chi connectivity index (χ1v) is 8.12. The van der Waals surface area contributed by atoms with Crippen molar-refractivity contribution in [1.29, 1.82) is 0 Å². The number of hydrogen-bond acceptors (Lipinski definition) is 5. The topological polar surface area (TPSA) is 92.5 Å². The van der Waals surface area contributed by atoms with Crippen molar-refractivity contribution in [3.8, 4) is 0 Å². The molecule has 1 fully saturated rings. The zero-order valence-electron chi connectivity index (χ0n) is 12.8. The summed E-state index contributed by atoms with van der Waals surface area (Å²) in [6.45, 7) is 2.23. The fourth-order valence-corrected chi connectivity index (χ4v) is 2.81. The molecule has 23 heavy (non-hydrogen) atoms. The molecule has 0 aromatic heterocycles. The molecule has 8 heteroatoms. The molecule has 1 aromatic carbocycles. The molecule has 3 amide bonds. The Labute approximate surface area is 145 Å². The fraction of sp³-hybridized carbons (Fsp3) is 0.400. The fourth-order valence-electron chi connectivity index (χ4n) is 2.09. The van der Waals surface area contributed by atoms with E-state index in [2.05, 4.69) is 5.32 Å². The Balaban J connectivity index is 0.00000264. The van der Waals surface area contributed by atoms with Crippen LogP contribution in [-0.2, 0) is 16.1 Å². The number of nitrogens with two attached hydrogens (primary N) is 1. The van der Waals surface area contributed by atoms with Gasteiger partial charge in [0.2, 0.25) is 11.8 Å². The van der Waals surface area contributed by atoms with Crippen LogP contribution in [0.25, 0.3) is 0 Å². The molecule has 0 saturated carbocycles. The number of amides is 3. The van der Waals surface area contributed by atoms with Gasteiger partial charge in [-0.1, -0.05) is 37.2 Å². The molecule has 0 radical (unpaired) electrons. The van der Waals surface area contributed by atoms with Crippen molar-refractivity contribution in [2.45, 2.75) is 32.4 Å². The highest BCUT2D eigenvalue weighted by Crippen LogP contribution is 2.21. The monoisotopic (exact) mass is 357 g/mol. The average molecular weight is 358 g/mol. The van der Waals surface area contributed by atoms with E-state index in [1.54, 1.807) is 24.3 Å². The molecule has 1 aliphatic heterocycles. The van der Waals surface area contributed by atoms with E-state index < -0.39 is 6.04 Å². The summed E-state index contributed by atoms with van der Waals surface area (Å²) < 4.78 is 0. The average Bonchev–Trinajstić information content (AvgIpc) is 2.81. The number of anilines is 1. The number of carbonyl (C=O) groups excluding carboxylic acids is 3. The van der Waals surface area contributed by atoms with Crippen molar-refractivity contribution in [3.63, 3.8) is 0 Å². The molecule has 1 heterocycles. The number of nitrogens with zero attached hydrogens (tertiary/aromatic N) is 1. The Morgan fingerprint density at radius 1 is 1.35 bits per heavy atom. The summed E-state index contributed by atoms with van der Waals surface area (Å²) in [6, 6.07) is 6.53. The van der Waals surface area contributed by atoms with Gasteiger partial charge in [0.1, 0.15) is 0 Å². The van der Waals surface area contributed by atoms with Crippen LogP contribution in [-0.4, -0.2) is 33.7 Å². The summed E-state index contributed by atoms with van der Waals surface area (Å²) in [5, 5.41) is 2.53. The second-order valence-electron chi connectivity index (χ2n) is 5.12. The van der Waals surface area contributed by atoms with Gasteiger partial charge in [-0.2, -0.15) is 0 Å². The SMILES string of the molecule is CCCC(N)C(=O)Nc1ccc(CN2C(=O)CSC2=O)cc1.Cl. The van der Waals surface area contributed by atoms with Crippen molar-refractivity contribution >= 4 is 46.9 Å². The molecule has 1 atom stereocenters. The zero-order chi connectivity index (χ0) is 16.1. The van der Waals surface area contributed by atoms with Crippen molar-refractivity contribution in [2.75, 3.05) is 11.1 Å². The largest absolute Gasteiger partial charge is 0.325 e. The molecule has 3 N–H and O–H groups in total. The Kier molecular flexibility index (Phi) is 7.54. The quantitative estimate of drug-likeness (QED) is 0.815. The van der Waals surface area contributed by atoms with Gasteiger partial charge in [0.25, 0.3) is 5.24 Å². The van der Waals surface area contributed by atoms with Gasteiger partial charge in [0.05, 0.1) is 18.3 Å². The lowest BCUT2D eigenvalue weighted by molar-refractivity contribution is -0.125. The highest BCUT2D eigenvalue weighted by molar-refractivity contribution is 8.14. The number of hydrogen-bond donors (Lipinski definition) is 2. The maximum atomic E-state index is 11.8. The summed E-state index contributed by atoms with van der Waals surface area (Å²) in [5.41, 5.74) is 7.23. The van der Waals surface area contributed by atoms with E-state index in [4.69, 9.17) is 5.73 Å². The number of halogens is 1. The lowest BCUT2D eigenvalue weighted by atomic mass is 10.1. The summed E-state index contributed by atoms with van der Waals surface area (Å²) in [7, 11) is 0. The van der Waals surface area contributed by atoms with Crippen molar-refractivity contribution in [2.24, 2.45) is 5.73 Å². The van der Waals surface area contributed by atoms with Crippen LogP contribution in [0.1, 0.15) is 25.3 Å². The number of nitrogens with one attached hydrogen (secondary N) is 1. The maximum absolute atomic E-state index is 11.8. The molecule has 1 saturated heterocycles. The van der Waals surface area contributed by atoms with Crippen LogP contribution in [0.4, 0.5) is 10.5 Å². The predicted molar refractivity (Wildman–Crippen MR) is 93.6 cm³/mol. The Hall–Kier alpha value is -1.57. The van der Waals surface area contributed by atoms with E-state index in [-0.39, 0.29) is 41.8 Å². The van der Waals surface area contributed by atoms with Gasteiger partial charge in [-0.15, -0.1) is 12.4 Å². The number of imide groups is 1. The first-order valence-electron chi connectivity index (χ1n) is 7.13. The number of rotatable bonds is 6. The molecule has 0 spiro atoms. The van der Waals surface area contributed by atoms with E-state index in [0.29, 0.717) is 12.1 Å². The second kappa shape index (κ2) is 8.90. The minimum atomic E-state index is -0.512. The number of carbonyl (C=O) groups is 3. The summed E-state index contributed by atoms with van der Waals surface area (Å²) in [4.78, 5) is 36.1. The van der Waals surface area contributed by atoms with E-state index in [1.165, 1.54) is 4.90 Å². The zero-order valence-corrected chi connectivity index (χ0v) is 14.4. The second-order valence-corrected chi connectivity index (χ2v) is 6.04. The van der Waals surface area contributed by atoms with Gasteiger partial charge in [-0.3, -0.25) is 19.3 Å². The van der Waals surface area contributed by atoms with Crippen LogP contribution in [0.3, 0.4) is 0 Å². The number of benzene rings is 1. The molecule has 1 aromatic rings. The summed E-state index contributed by atoms with van der Waals surface area (Å²) in [6.07, 6.45) is 1.49. The third-order valence-corrected chi connectivity index (χ3v) is 4.20. The Morgan fingerprint density at radius 3 is 2.52 bits per heavy atom. The van der Waals surface area contributed by atoms with Gasteiger partial charge in [-0.05, 0) is 24.1 Å². The minimum absolute atomic E-state index is 0. The third-order valence-electron chi connectivity index (χ3n) is 3.34. The van der Waals surface area contributed by atoms with Crippen LogP contribution >= 0.6 is 24.2 Å². The van der Waals surface area contributed by atoms with Crippen LogP contribution in [0, 0.1) is 0 Å². The lowest BCUT2D eigenvalue weighted by Crippen LogP contribution is -2.35. The highest BCUT2D eigenvalue weighted by atomic mass is 35.5. The smallest absolute Gasteiger partial charge is 0.289 e. The van der Waals surface area contributed by atoms with Gasteiger partial charge < -0.3 is 11.1 Å². The van der Waals surface area contributed by atoms with Crippen molar-refractivity contribution in [1.82, 2.24) is 4.90 Å².